The van der Waals surface area contributed by atoms with Crippen LogP contribution in [0.15, 0.2) is 16.5 Å². The van der Waals surface area contributed by atoms with E-state index in [0.717, 1.165) is 11.3 Å². The topological polar surface area (TPSA) is 64.4 Å². The van der Waals surface area contributed by atoms with Gasteiger partial charge in [-0.05, 0) is 25.5 Å². The third kappa shape index (κ3) is 3.55. The van der Waals surface area contributed by atoms with Crippen molar-refractivity contribution in [3.63, 3.8) is 0 Å². The fourth-order valence-electron chi connectivity index (χ4n) is 2.01. The zero-order valence-electron chi connectivity index (χ0n) is 12.4. The Bertz CT molecular complexity index is 680. The second kappa shape index (κ2) is 6.18. The number of carbonyl (C=O) groups excluding carboxylic acids is 1. The van der Waals surface area contributed by atoms with E-state index in [0.29, 0.717) is 28.1 Å². The lowest BCUT2D eigenvalue weighted by molar-refractivity contribution is -0.115. The number of carbonyl (C=O) groups is 1. The van der Waals surface area contributed by atoms with Gasteiger partial charge in [-0.3, -0.25) is 4.79 Å². The van der Waals surface area contributed by atoms with E-state index in [1.165, 1.54) is 7.11 Å². The van der Waals surface area contributed by atoms with E-state index < -0.39 is 0 Å². The van der Waals surface area contributed by atoms with E-state index in [4.69, 9.17) is 20.8 Å². The first kappa shape index (κ1) is 15.4. The molecule has 1 aromatic heterocycles. The van der Waals surface area contributed by atoms with Gasteiger partial charge in [0.25, 0.3) is 0 Å². The van der Waals surface area contributed by atoms with Crippen molar-refractivity contribution in [2.24, 2.45) is 0 Å². The maximum atomic E-state index is 12.1. The molecule has 1 amide bonds. The van der Waals surface area contributed by atoms with Crippen LogP contribution in [0.25, 0.3) is 0 Å². The van der Waals surface area contributed by atoms with Crippen LogP contribution in [-0.2, 0) is 11.2 Å². The largest absolute Gasteiger partial charge is 0.495 e. The van der Waals surface area contributed by atoms with Gasteiger partial charge < -0.3 is 14.5 Å². The molecule has 21 heavy (non-hydrogen) atoms. The summed E-state index contributed by atoms with van der Waals surface area (Å²) < 4.78 is 10.6. The molecule has 6 heteroatoms. The SMILES string of the molecule is COc1cc(Cl)c(C)cc1NC(=O)Cc1oc(C)nc1C. The van der Waals surface area contributed by atoms with Gasteiger partial charge in [0.1, 0.15) is 11.5 Å². The summed E-state index contributed by atoms with van der Waals surface area (Å²) >= 11 is 6.04. The van der Waals surface area contributed by atoms with Crippen LogP contribution in [0, 0.1) is 20.8 Å². The van der Waals surface area contributed by atoms with Crippen molar-refractivity contribution in [3.05, 3.63) is 40.1 Å². The molecule has 0 atom stereocenters. The van der Waals surface area contributed by atoms with Gasteiger partial charge in [-0.1, -0.05) is 11.6 Å². The van der Waals surface area contributed by atoms with Gasteiger partial charge in [0.2, 0.25) is 5.91 Å². The lowest BCUT2D eigenvalue weighted by Gasteiger charge is -2.12. The average Bonchev–Trinajstić information content (AvgIpc) is 2.71. The molecule has 0 spiro atoms. The first-order valence-corrected chi connectivity index (χ1v) is 6.85. The van der Waals surface area contributed by atoms with Gasteiger partial charge in [-0.25, -0.2) is 4.98 Å². The number of benzene rings is 1. The summed E-state index contributed by atoms with van der Waals surface area (Å²) in [5, 5.41) is 3.39. The van der Waals surface area contributed by atoms with Crippen LogP contribution >= 0.6 is 11.6 Å². The van der Waals surface area contributed by atoms with E-state index in [2.05, 4.69) is 10.3 Å². The monoisotopic (exact) mass is 308 g/mol. The molecule has 0 saturated carbocycles. The molecule has 2 rings (SSSR count). The van der Waals surface area contributed by atoms with Gasteiger partial charge in [0.15, 0.2) is 5.89 Å². The predicted molar refractivity (Wildman–Crippen MR) is 81.1 cm³/mol. The highest BCUT2D eigenvalue weighted by atomic mass is 35.5. The van der Waals surface area contributed by atoms with Crippen LogP contribution in [0.3, 0.4) is 0 Å². The number of anilines is 1. The van der Waals surface area contributed by atoms with Gasteiger partial charge in [-0.2, -0.15) is 0 Å². The Morgan fingerprint density at radius 3 is 2.67 bits per heavy atom. The fourth-order valence-corrected chi connectivity index (χ4v) is 2.16. The second-order valence-electron chi connectivity index (χ2n) is 4.77. The van der Waals surface area contributed by atoms with Crippen LogP contribution in [0.4, 0.5) is 5.69 Å². The summed E-state index contributed by atoms with van der Waals surface area (Å²) in [6.45, 7) is 5.42. The Labute approximate surface area is 128 Å². The highest BCUT2D eigenvalue weighted by Crippen LogP contribution is 2.31. The highest BCUT2D eigenvalue weighted by molar-refractivity contribution is 6.31. The molecular weight excluding hydrogens is 292 g/mol. The number of nitrogens with zero attached hydrogens (tertiary/aromatic N) is 1. The number of halogens is 1. The van der Waals surface area contributed by atoms with Crippen molar-refractivity contribution < 1.29 is 13.9 Å². The molecule has 0 aliphatic carbocycles. The summed E-state index contributed by atoms with van der Waals surface area (Å²) in [6.07, 6.45) is 0.123. The van der Waals surface area contributed by atoms with E-state index in [1.54, 1.807) is 19.1 Å². The number of rotatable bonds is 4. The van der Waals surface area contributed by atoms with Crippen molar-refractivity contribution in [3.8, 4) is 5.75 Å². The molecule has 0 aliphatic heterocycles. The number of ether oxygens (including phenoxy) is 1. The molecular formula is C15H17ClN2O3. The summed E-state index contributed by atoms with van der Waals surface area (Å²) in [6, 6.07) is 3.45. The number of aromatic nitrogens is 1. The summed E-state index contributed by atoms with van der Waals surface area (Å²) in [5.41, 5.74) is 2.17. The molecule has 0 unspecified atom stereocenters. The summed E-state index contributed by atoms with van der Waals surface area (Å²) in [4.78, 5) is 16.3. The normalized spacial score (nSPS) is 10.5. The smallest absolute Gasteiger partial charge is 0.232 e. The molecule has 0 fully saturated rings. The van der Waals surface area contributed by atoms with E-state index in [9.17, 15) is 4.79 Å². The minimum absolute atomic E-state index is 0.123. The second-order valence-corrected chi connectivity index (χ2v) is 5.18. The van der Waals surface area contributed by atoms with Gasteiger partial charge in [0.05, 0.1) is 24.9 Å². The Kier molecular flexibility index (Phi) is 4.53. The molecule has 5 nitrogen and oxygen atoms in total. The maximum absolute atomic E-state index is 12.1. The standard InChI is InChI=1S/C15H17ClN2O3/c1-8-5-12(14(20-4)6-11(8)16)18-15(19)7-13-9(2)17-10(3)21-13/h5-6H,7H2,1-4H3,(H,18,19). The van der Waals surface area contributed by atoms with Crippen molar-refractivity contribution in [2.45, 2.75) is 27.2 Å². The van der Waals surface area contributed by atoms with E-state index in [-0.39, 0.29) is 12.3 Å². The number of oxazole rings is 1. The van der Waals surface area contributed by atoms with Crippen molar-refractivity contribution in [1.82, 2.24) is 4.98 Å². The number of hydrogen-bond donors (Lipinski definition) is 1. The fraction of sp³-hybridized carbons (Fsp3) is 0.333. The minimum atomic E-state index is -0.200. The molecule has 2 aromatic rings. The molecule has 0 radical (unpaired) electrons. The van der Waals surface area contributed by atoms with Gasteiger partial charge in [0, 0.05) is 18.0 Å². The van der Waals surface area contributed by atoms with E-state index in [1.807, 2.05) is 13.8 Å². The van der Waals surface area contributed by atoms with Crippen LogP contribution in [-0.4, -0.2) is 18.0 Å². The Hall–Kier alpha value is -2.01. The first-order chi connectivity index (χ1) is 9.90. The van der Waals surface area contributed by atoms with Crippen LogP contribution < -0.4 is 10.1 Å². The number of aryl methyl sites for hydroxylation is 3. The predicted octanol–water partition coefficient (Wildman–Crippen LogP) is 3.44. The van der Waals surface area contributed by atoms with Crippen LogP contribution in [0.2, 0.25) is 5.02 Å². The van der Waals surface area contributed by atoms with Crippen molar-refractivity contribution in [2.75, 3.05) is 12.4 Å². The molecule has 1 heterocycles. The Morgan fingerprint density at radius 1 is 1.38 bits per heavy atom. The molecule has 112 valence electrons. The lowest BCUT2D eigenvalue weighted by Crippen LogP contribution is -2.15. The van der Waals surface area contributed by atoms with Crippen molar-refractivity contribution >= 4 is 23.2 Å². The number of methoxy groups -OCH3 is 1. The van der Waals surface area contributed by atoms with Gasteiger partial charge in [-0.15, -0.1) is 0 Å². The maximum Gasteiger partial charge on any atom is 0.232 e. The molecule has 1 N–H and O–H groups in total. The van der Waals surface area contributed by atoms with Gasteiger partial charge >= 0.3 is 0 Å². The third-order valence-corrected chi connectivity index (χ3v) is 3.48. The summed E-state index contributed by atoms with van der Waals surface area (Å²) in [5.74, 6) is 1.43. The zero-order chi connectivity index (χ0) is 15.6. The highest BCUT2D eigenvalue weighted by Gasteiger charge is 2.14. The van der Waals surface area contributed by atoms with Crippen molar-refractivity contribution in [1.29, 1.82) is 0 Å². The molecule has 1 aromatic carbocycles. The Balaban J connectivity index is 2.16. The molecule has 0 bridgehead atoms. The van der Waals surface area contributed by atoms with Crippen LogP contribution in [0.1, 0.15) is 22.9 Å². The average molecular weight is 309 g/mol. The minimum Gasteiger partial charge on any atom is -0.495 e. The summed E-state index contributed by atoms with van der Waals surface area (Å²) in [7, 11) is 1.53. The lowest BCUT2D eigenvalue weighted by atomic mass is 10.2. The molecule has 0 saturated heterocycles. The Morgan fingerprint density at radius 2 is 2.10 bits per heavy atom. The quantitative estimate of drug-likeness (QED) is 0.939. The van der Waals surface area contributed by atoms with E-state index >= 15 is 0 Å². The number of hydrogen-bond acceptors (Lipinski definition) is 4. The number of nitrogens with one attached hydrogen (secondary N) is 1. The third-order valence-electron chi connectivity index (χ3n) is 3.08. The zero-order valence-corrected chi connectivity index (χ0v) is 13.2. The van der Waals surface area contributed by atoms with Crippen LogP contribution in [0.5, 0.6) is 5.75 Å². The molecule has 0 aliphatic rings. The number of amides is 1. The first-order valence-electron chi connectivity index (χ1n) is 6.47.